The largest absolute Gasteiger partial charge is 0.462 e. The number of non-ortho nitro benzene ring substituents is 1. The highest BCUT2D eigenvalue weighted by molar-refractivity contribution is 7.17. The maximum absolute atomic E-state index is 12.7. The molecule has 0 aliphatic carbocycles. The molecule has 1 aromatic carbocycles. The molecule has 7 nitrogen and oxygen atoms in total. The molecule has 0 saturated carbocycles. The zero-order chi connectivity index (χ0) is 16.7. The van der Waals surface area contributed by atoms with Crippen LogP contribution < -0.4 is 4.90 Å². The summed E-state index contributed by atoms with van der Waals surface area (Å²) in [6.45, 7) is 0.503. The number of nitro groups is 1. The molecule has 1 amide bonds. The maximum atomic E-state index is 12.7. The minimum absolute atomic E-state index is 0.0425. The second kappa shape index (κ2) is 5.57. The van der Waals surface area contributed by atoms with Crippen LogP contribution in [0.15, 0.2) is 47.2 Å². The summed E-state index contributed by atoms with van der Waals surface area (Å²) in [4.78, 5) is 29.6. The molecule has 24 heavy (non-hydrogen) atoms. The lowest BCUT2D eigenvalue weighted by atomic mass is 10.1. The Balaban J connectivity index is 1.62. The van der Waals surface area contributed by atoms with E-state index < -0.39 is 4.92 Å². The van der Waals surface area contributed by atoms with Crippen LogP contribution in [0.4, 0.5) is 11.4 Å². The third kappa shape index (κ3) is 2.37. The van der Waals surface area contributed by atoms with Gasteiger partial charge in [-0.05, 0) is 30.2 Å². The number of anilines is 1. The molecule has 4 rings (SSSR count). The van der Waals surface area contributed by atoms with Crippen molar-refractivity contribution in [3.63, 3.8) is 0 Å². The fourth-order valence-corrected chi connectivity index (χ4v) is 3.57. The number of fused-ring (bicyclic) bond motifs is 1. The minimum Gasteiger partial charge on any atom is -0.462 e. The number of carbonyl (C=O) groups is 1. The Labute approximate surface area is 140 Å². The molecule has 0 fully saturated rings. The van der Waals surface area contributed by atoms with Gasteiger partial charge in [-0.3, -0.25) is 14.9 Å². The van der Waals surface area contributed by atoms with E-state index in [0.717, 1.165) is 11.3 Å². The van der Waals surface area contributed by atoms with Crippen molar-refractivity contribution >= 4 is 28.6 Å². The Morgan fingerprint density at radius 1 is 1.38 bits per heavy atom. The minimum atomic E-state index is -0.427. The monoisotopic (exact) mass is 341 g/mol. The first-order chi connectivity index (χ1) is 11.6. The van der Waals surface area contributed by atoms with Crippen molar-refractivity contribution in [2.45, 2.75) is 6.42 Å². The molecule has 1 aliphatic heterocycles. The highest BCUT2D eigenvalue weighted by atomic mass is 32.1. The van der Waals surface area contributed by atoms with Crippen LogP contribution in [0.3, 0.4) is 0 Å². The second-order valence-electron chi connectivity index (χ2n) is 5.28. The molecule has 8 heteroatoms. The molecule has 3 heterocycles. The van der Waals surface area contributed by atoms with Crippen molar-refractivity contribution in [2.75, 3.05) is 11.4 Å². The van der Waals surface area contributed by atoms with E-state index in [4.69, 9.17) is 4.42 Å². The Bertz CT molecular complexity index is 933. The van der Waals surface area contributed by atoms with E-state index in [2.05, 4.69) is 4.98 Å². The van der Waals surface area contributed by atoms with Crippen molar-refractivity contribution in [3.05, 3.63) is 63.3 Å². The number of nitrogens with zero attached hydrogens (tertiary/aromatic N) is 3. The summed E-state index contributed by atoms with van der Waals surface area (Å²) in [5.41, 5.74) is 1.58. The fourth-order valence-electron chi connectivity index (χ4n) is 2.73. The van der Waals surface area contributed by atoms with Gasteiger partial charge in [-0.1, -0.05) is 0 Å². The molecule has 0 bridgehead atoms. The summed E-state index contributed by atoms with van der Waals surface area (Å²) >= 11 is 1.26. The van der Waals surface area contributed by atoms with Crippen LogP contribution in [0.2, 0.25) is 0 Å². The van der Waals surface area contributed by atoms with Crippen molar-refractivity contribution in [2.24, 2.45) is 0 Å². The van der Waals surface area contributed by atoms with E-state index in [1.165, 1.54) is 29.7 Å². The molecule has 0 saturated heterocycles. The van der Waals surface area contributed by atoms with E-state index in [1.807, 2.05) is 0 Å². The van der Waals surface area contributed by atoms with Crippen LogP contribution in [-0.2, 0) is 6.42 Å². The number of rotatable bonds is 3. The van der Waals surface area contributed by atoms with E-state index in [0.29, 0.717) is 28.6 Å². The number of aromatic nitrogens is 1. The summed E-state index contributed by atoms with van der Waals surface area (Å²) < 4.78 is 5.29. The molecular formula is C16H11N3O4S. The van der Waals surface area contributed by atoms with Gasteiger partial charge in [-0.2, -0.15) is 0 Å². The van der Waals surface area contributed by atoms with Gasteiger partial charge in [-0.15, -0.1) is 11.3 Å². The maximum Gasteiger partial charge on any atom is 0.270 e. The van der Waals surface area contributed by atoms with Crippen LogP contribution in [-0.4, -0.2) is 22.4 Å². The molecule has 0 N–H and O–H groups in total. The normalized spacial score (nSPS) is 13.1. The van der Waals surface area contributed by atoms with Gasteiger partial charge in [-0.25, -0.2) is 4.98 Å². The molecule has 120 valence electrons. The number of amides is 1. The van der Waals surface area contributed by atoms with Gasteiger partial charge >= 0.3 is 0 Å². The molecule has 0 spiro atoms. The Kier molecular flexibility index (Phi) is 3.39. The van der Waals surface area contributed by atoms with Crippen LogP contribution in [0.25, 0.3) is 10.8 Å². The van der Waals surface area contributed by atoms with Gasteiger partial charge in [0, 0.05) is 24.4 Å². The number of nitro benzene ring substituents is 1. The predicted molar refractivity (Wildman–Crippen MR) is 88.3 cm³/mol. The van der Waals surface area contributed by atoms with Gasteiger partial charge < -0.3 is 9.32 Å². The van der Waals surface area contributed by atoms with E-state index in [9.17, 15) is 14.9 Å². The topological polar surface area (TPSA) is 89.5 Å². The Morgan fingerprint density at radius 2 is 2.25 bits per heavy atom. The van der Waals surface area contributed by atoms with Gasteiger partial charge in [0.15, 0.2) is 10.8 Å². The van der Waals surface area contributed by atoms with Gasteiger partial charge in [0.1, 0.15) is 4.88 Å². The lowest BCUT2D eigenvalue weighted by molar-refractivity contribution is -0.384. The summed E-state index contributed by atoms with van der Waals surface area (Å²) in [6.07, 6.45) is 3.70. The summed E-state index contributed by atoms with van der Waals surface area (Å²) in [5.74, 6) is 0.467. The van der Waals surface area contributed by atoms with E-state index in [1.54, 1.807) is 29.4 Å². The highest BCUT2D eigenvalue weighted by Gasteiger charge is 2.28. The third-order valence-electron chi connectivity index (χ3n) is 3.86. The molecule has 1 aliphatic rings. The van der Waals surface area contributed by atoms with Gasteiger partial charge in [0.25, 0.3) is 11.6 Å². The van der Waals surface area contributed by atoms with E-state index >= 15 is 0 Å². The first kappa shape index (κ1) is 14.6. The fraction of sp³-hybridized carbons (Fsp3) is 0.125. The van der Waals surface area contributed by atoms with Gasteiger partial charge in [0.2, 0.25) is 0 Å². The van der Waals surface area contributed by atoms with Crippen LogP contribution in [0, 0.1) is 10.1 Å². The van der Waals surface area contributed by atoms with Crippen molar-refractivity contribution in [3.8, 4) is 10.8 Å². The number of carbonyl (C=O) groups excluding carboxylic acids is 1. The number of benzene rings is 1. The molecular weight excluding hydrogens is 330 g/mol. The van der Waals surface area contributed by atoms with Crippen LogP contribution in [0.5, 0.6) is 0 Å². The first-order valence-corrected chi connectivity index (χ1v) is 8.04. The molecule has 0 radical (unpaired) electrons. The first-order valence-electron chi connectivity index (χ1n) is 7.22. The van der Waals surface area contributed by atoms with Crippen LogP contribution >= 0.6 is 11.3 Å². The predicted octanol–water partition coefficient (Wildman–Crippen LogP) is 3.51. The van der Waals surface area contributed by atoms with Crippen molar-refractivity contribution < 1.29 is 14.1 Å². The molecule has 2 aromatic heterocycles. The Hall–Kier alpha value is -3.00. The number of thiazole rings is 1. The van der Waals surface area contributed by atoms with Crippen molar-refractivity contribution in [1.82, 2.24) is 4.98 Å². The zero-order valence-electron chi connectivity index (χ0n) is 12.3. The molecule has 3 aromatic rings. The average Bonchev–Trinajstić information content (AvgIpc) is 3.32. The zero-order valence-corrected chi connectivity index (χ0v) is 13.2. The standard InChI is InChI=1S/C16H11N3O4S/c20-16(14-9-17-15(24-14)13-2-1-7-23-13)18-6-5-10-8-11(19(21)22)3-4-12(10)18/h1-4,7-9H,5-6H2. The van der Waals surface area contributed by atoms with Crippen LogP contribution in [0.1, 0.15) is 15.2 Å². The lowest BCUT2D eigenvalue weighted by Gasteiger charge is -2.15. The smallest absolute Gasteiger partial charge is 0.270 e. The SMILES string of the molecule is O=C(c1cnc(-c2ccco2)s1)N1CCc2cc([N+](=O)[O-])ccc21. The molecule has 0 unspecified atom stereocenters. The summed E-state index contributed by atoms with van der Waals surface area (Å²) in [5, 5.41) is 11.5. The summed E-state index contributed by atoms with van der Waals surface area (Å²) in [7, 11) is 0. The molecule has 0 atom stereocenters. The Morgan fingerprint density at radius 3 is 3.00 bits per heavy atom. The van der Waals surface area contributed by atoms with Gasteiger partial charge in [0.05, 0.1) is 17.4 Å². The third-order valence-corrected chi connectivity index (χ3v) is 4.86. The quantitative estimate of drug-likeness (QED) is 0.537. The lowest BCUT2D eigenvalue weighted by Crippen LogP contribution is -2.28. The number of hydrogen-bond donors (Lipinski definition) is 0. The summed E-state index contributed by atoms with van der Waals surface area (Å²) in [6, 6.07) is 8.14. The van der Waals surface area contributed by atoms with E-state index in [-0.39, 0.29) is 11.6 Å². The average molecular weight is 341 g/mol. The number of furan rings is 1. The number of hydrogen-bond acceptors (Lipinski definition) is 6. The second-order valence-corrected chi connectivity index (χ2v) is 6.31. The van der Waals surface area contributed by atoms with Crippen molar-refractivity contribution in [1.29, 1.82) is 0 Å². The highest BCUT2D eigenvalue weighted by Crippen LogP contribution is 2.34.